The molecule has 0 saturated carbocycles. The van der Waals surface area contributed by atoms with Crippen molar-refractivity contribution >= 4 is 11.3 Å². The minimum atomic E-state index is -0.0642. The van der Waals surface area contributed by atoms with Gasteiger partial charge >= 0.3 is 0 Å². The third kappa shape index (κ3) is 3.37. The van der Waals surface area contributed by atoms with Crippen LogP contribution in [-0.2, 0) is 6.42 Å². The molecule has 1 heterocycles. The van der Waals surface area contributed by atoms with Crippen molar-refractivity contribution in [1.82, 2.24) is 0 Å². The Hall–Kier alpha value is -1.32. The number of hydrogen-bond donors (Lipinski definition) is 1. The molecule has 0 bridgehead atoms. The third-order valence-corrected chi connectivity index (χ3v) is 4.08. The van der Waals surface area contributed by atoms with Crippen LogP contribution in [0.5, 0.6) is 5.75 Å². The average molecular weight is 275 g/mol. The Labute approximate surface area is 119 Å². The van der Waals surface area contributed by atoms with Crippen LogP contribution in [0.3, 0.4) is 0 Å². The molecule has 2 N–H and O–H groups in total. The Morgan fingerprint density at radius 1 is 1.26 bits per heavy atom. The molecular weight excluding hydrogens is 254 g/mol. The quantitative estimate of drug-likeness (QED) is 0.890. The molecule has 0 spiro atoms. The number of nitrogens with two attached hydrogens (primary N) is 1. The van der Waals surface area contributed by atoms with Gasteiger partial charge in [0.1, 0.15) is 5.75 Å². The summed E-state index contributed by atoms with van der Waals surface area (Å²) >= 11 is 1.73. The zero-order valence-corrected chi connectivity index (χ0v) is 12.5. The third-order valence-electron chi connectivity index (χ3n) is 3.03. The zero-order chi connectivity index (χ0) is 13.8. The van der Waals surface area contributed by atoms with E-state index in [1.807, 2.05) is 32.0 Å². The Kier molecular flexibility index (Phi) is 4.61. The predicted molar refractivity (Wildman–Crippen MR) is 81.9 cm³/mol. The molecule has 3 heteroatoms. The highest BCUT2D eigenvalue weighted by atomic mass is 32.1. The molecule has 0 fully saturated rings. The summed E-state index contributed by atoms with van der Waals surface area (Å²) in [5, 5.41) is 2.11. The summed E-state index contributed by atoms with van der Waals surface area (Å²) in [6.45, 7) is 6.22. The molecule has 1 aromatic heterocycles. The van der Waals surface area contributed by atoms with Gasteiger partial charge in [0.25, 0.3) is 0 Å². The van der Waals surface area contributed by atoms with Gasteiger partial charge in [0.05, 0.1) is 12.1 Å². The maximum absolute atomic E-state index is 6.39. The fraction of sp³-hybridized carbons (Fsp3) is 0.375. The second-order valence-corrected chi connectivity index (χ2v) is 5.83. The number of benzene rings is 1. The minimum absolute atomic E-state index is 0.0642. The van der Waals surface area contributed by atoms with Crippen molar-refractivity contribution < 1.29 is 4.74 Å². The van der Waals surface area contributed by atoms with Gasteiger partial charge in [0, 0.05) is 4.88 Å². The first kappa shape index (κ1) is 14.1. The fourth-order valence-electron chi connectivity index (χ4n) is 2.12. The Balaban J connectivity index is 2.26. The normalized spacial score (nSPS) is 12.7. The monoisotopic (exact) mass is 275 g/mol. The van der Waals surface area contributed by atoms with E-state index in [1.165, 1.54) is 10.4 Å². The molecule has 1 aromatic carbocycles. The van der Waals surface area contributed by atoms with Crippen LogP contribution < -0.4 is 10.5 Å². The molecule has 2 nitrogen and oxygen atoms in total. The number of aryl methyl sites for hydroxylation is 1. The SMILES string of the molecule is CCc1ccsc1C(N)c1cccc(OC(C)C)c1. The van der Waals surface area contributed by atoms with Crippen molar-refractivity contribution in [3.05, 3.63) is 51.7 Å². The van der Waals surface area contributed by atoms with E-state index in [4.69, 9.17) is 10.5 Å². The van der Waals surface area contributed by atoms with Gasteiger partial charge in [-0.2, -0.15) is 0 Å². The molecule has 1 unspecified atom stereocenters. The van der Waals surface area contributed by atoms with E-state index in [2.05, 4.69) is 24.4 Å². The van der Waals surface area contributed by atoms with E-state index in [9.17, 15) is 0 Å². The standard InChI is InChI=1S/C16H21NOS/c1-4-12-8-9-19-16(12)15(17)13-6-5-7-14(10-13)18-11(2)3/h5-11,15H,4,17H2,1-3H3. The van der Waals surface area contributed by atoms with Gasteiger partial charge in [-0.05, 0) is 55.0 Å². The lowest BCUT2D eigenvalue weighted by atomic mass is 10.0. The first-order chi connectivity index (χ1) is 9.11. The highest BCUT2D eigenvalue weighted by Crippen LogP contribution is 2.30. The maximum Gasteiger partial charge on any atom is 0.120 e. The molecule has 2 rings (SSSR count). The molecule has 102 valence electrons. The van der Waals surface area contributed by atoms with Crippen molar-refractivity contribution in [1.29, 1.82) is 0 Å². The van der Waals surface area contributed by atoms with Gasteiger partial charge in [0.15, 0.2) is 0 Å². The maximum atomic E-state index is 6.39. The van der Waals surface area contributed by atoms with Crippen molar-refractivity contribution in [2.75, 3.05) is 0 Å². The molecule has 0 aliphatic carbocycles. The number of rotatable bonds is 5. The summed E-state index contributed by atoms with van der Waals surface area (Å²) in [4.78, 5) is 1.25. The van der Waals surface area contributed by atoms with Crippen LogP contribution >= 0.6 is 11.3 Å². The van der Waals surface area contributed by atoms with Crippen LogP contribution in [-0.4, -0.2) is 6.10 Å². The van der Waals surface area contributed by atoms with Crippen LogP contribution in [0.25, 0.3) is 0 Å². The van der Waals surface area contributed by atoms with Gasteiger partial charge in [-0.25, -0.2) is 0 Å². The van der Waals surface area contributed by atoms with E-state index < -0.39 is 0 Å². The van der Waals surface area contributed by atoms with Gasteiger partial charge in [-0.1, -0.05) is 19.1 Å². The van der Waals surface area contributed by atoms with Crippen LogP contribution in [0.4, 0.5) is 0 Å². The fourth-order valence-corrected chi connectivity index (χ4v) is 3.14. The van der Waals surface area contributed by atoms with Crippen molar-refractivity contribution in [3.63, 3.8) is 0 Å². The molecule has 1 atom stereocenters. The second kappa shape index (κ2) is 6.22. The molecule has 0 aliphatic heterocycles. The minimum Gasteiger partial charge on any atom is -0.491 e. The van der Waals surface area contributed by atoms with Gasteiger partial charge in [-0.3, -0.25) is 0 Å². The van der Waals surface area contributed by atoms with Crippen molar-refractivity contribution in [2.24, 2.45) is 5.73 Å². The molecule has 0 saturated heterocycles. The largest absolute Gasteiger partial charge is 0.491 e. The smallest absolute Gasteiger partial charge is 0.120 e. The molecule has 0 radical (unpaired) electrons. The first-order valence-electron chi connectivity index (χ1n) is 6.70. The van der Waals surface area contributed by atoms with Gasteiger partial charge in [0.2, 0.25) is 0 Å². The van der Waals surface area contributed by atoms with Crippen LogP contribution in [0, 0.1) is 0 Å². The van der Waals surface area contributed by atoms with Crippen molar-refractivity contribution in [2.45, 2.75) is 39.3 Å². The van der Waals surface area contributed by atoms with Crippen LogP contribution in [0.2, 0.25) is 0 Å². The Morgan fingerprint density at radius 3 is 2.74 bits per heavy atom. The van der Waals surface area contributed by atoms with Crippen molar-refractivity contribution in [3.8, 4) is 5.75 Å². The lowest BCUT2D eigenvalue weighted by Crippen LogP contribution is -2.12. The van der Waals surface area contributed by atoms with Crippen LogP contribution in [0.15, 0.2) is 35.7 Å². The Bertz CT molecular complexity index is 533. The van der Waals surface area contributed by atoms with E-state index >= 15 is 0 Å². The molecule has 0 aliphatic rings. The Morgan fingerprint density at radius 2 is 2.05 bits per heavy atom. The number of thiophene rings is 1. The summed E-state index contributed by atoms with van der Waals surface area (Å²) in [6, 6.07) is 10.2. The van der Waals surface area contributed by atoms with E-state index in [-0.39, 0.29) is 12.1 Å². The van der Waals surface area contributed by atoms with Gasteiger partial charge in [-0.15, -0.1) is 11.3 Å². The molecule has 0 amide bonds. The average Bonchev–Trinajstić information content (AvgIpc) is 2.85. The molecular formula is C16H21NOS. The predicted octanol–water partition coefficient (Wildman–Crippen LogP) is 4.15. The molecule has 2 aromatic rings. The summed E-state index contributed by atoms with van der Waals surface area (Å²) < 4.78 is 5.73. The topological polar surface area (TPSA) is 35.2 Å². The molecule has 19 heavy (non-hydrogen) atoms. The zero-order valence-electron chi connectivity index (χ0n) is 11.7. The van der Waals surface area contributed by atoms with E-state index in [1.54, 1.807) is 11.3 Å². The lowest BCUT2D eigenvalue weighted by Gasteiger charge is -2.15. The number of hydrogen-bond acceptors (Lipinski definition) is 3. The lowest BCUT2D eigenvalue weighted by molar-refractivity contribution is 0.242. The van der Waals surface area contributed by atoms with E-state index in [0.29, 0.717) is 0 Å². The van der Waals surface area contributed by atoms with E-state index in [0.717, 1.165) is 17.7 Å². The first-order valence-corrected chi connectivity index (χ1v) is 7.58. The second-order valence-electron chi connectivity index (χ2n) is 4.88. The van der Waals surface area contributed by atoms with Gasteiger partial charge < -0.3 is 10.5 Å². The number of ether oxygens (including phenoxy) is 1. The summed E-state index contributed by atoms with van der Waals surface area (Å²) in [7, 11) is 0. The highest BCUT2D eigenvalue weighted by molar-refractivity contribution is 7.10. The highest BCUT2D eigenvalue weighted by Gasteiger charge is 2.14. The van der Waals surface area contributed by atoms with Crippen LogP contribution in [0.1, 0.15) is 42.8 Å². The summed E-state index contributed by atoms with van der Waals surface area (Å²) in [6.07, 6.45) is 1.20. The summed E-state index contributed by atoms with van der Waals surface area (Å²) in [5.74, 6) is 0.887. The summed E-state index contributed by atoms with van der Waals surface area (Å²) in [5.41, 5.74) is 8.84.